The van der Waals surface area contributed by atoms with Gasteiger partial charge in [0.15, 0.2) is 11.6 Å². The molecule has 1 saturated heterocycles. The van der Waals surface area contributed by atoms with Crippen LogP contribution in [0.5, 0.6) is 5.75 Å². The number of fused-ring (bicyclic) bond motifs is 1. The van der Waals surface area contributed by atoms with E-state index in [1.165, 1.54) is 0 Å². The molecule has 1 fully saturated rings. The molecule has 9 nitrogen and oxygen atoms in total. The fourth-order valence-electron chi connectivity index (χ4n) is 4.25. The fraction of sp³-hybridized carbons (Fsp3) is 0.600. The Morgan fingerprint density at radius 3 is 2.79 bits per heavy atom. The molecule has 9 heteroatoms. The van der Waals surface area contributed by atoms with Gasteiger partial charge in [-0.15, -0.1) is 0 Å². The van der Waals surface area contributed by atoms with Crippen LogP contribution < -0.4 is 15.0 Å². The SMILES string of the molecule is CN(CC(=O)NC(C)(C)C)c1nc(-c2cc(OC[C@@H]3COC(C)(C)O3)ccn2)nc2c1CCC2. The summed E-state index contributed by atoms with van der Waals surface area (Å²) in [5.74, 6) is 1.36. The van der Waals surface area contributed by atoms with Gasteiger partial charge in [0, 0.05) is 36.1 Å². The van der Waals surface area contributed by atoms with E-state index in [0.717, 1.165) is 36.3 Å². The lowest BCUT2D eigenvalue weighted by molar-refractivity contribution is -0.141. The standard InChI is InChI=1S/C25H35N5O4/c1-24(2,3)29-21(31)13-30(6)23-18-8-7-9-19(18)27-22(28-23)20-12-16(10-11-26-20)32-14-17-15-33-25(4,5)34-17/h10-12,17H,7-9,13-15H2,1-6H3,(H,29,31)/t17-/m1/s1. The van der Waals surface area contributed by atoms with Gasteiger partial charge in [0.2, 0.25) is 5.91 Å². The summed E-state index contributed by atoms with van der Waals surface area (Å²) in [6.07, 6.45) is 4.40. The molecule has 0 unspecified atom stereocenters. The molecular weight excluding hydrogens is 434 g/mol. The van der Waals surface area contributed by atoms with Crippen LogP contribution in [0.25, 0.3) is 11.5 Å². The summed E-state index contributed by atoms with van der Waals surface area (Å²) in [6, 6.07) is 3.65. The largest absolute Gasteiger partial charge is 0.491 e. The number of anilines is 1. The van der Waals surface area contributed by atoms with Crippen molar-refractivity contribution in [3.63, 3.8) is 0 Å². The van der Waals surface area contributed by atoms with E-state index >= 15 is 0 Å². The zero-order chi connectivity index (χ0) is 24.5. The van der Waals surface area contributed by atoms with E-state index in [2.05, 4.69) is 10.3 Å². The Kier molecular flexibility index (Phi) is 6.78. The Hall–Kier alpha value is -2.78. The molecule has 1 amide bonds. The topological polar surface area (TPSA) is 98.7 Å². The van der Waals surface area contributed by atoms with Crippen molar-refractivity contribution in [1.82, 2.24) is 20.3 Å². The van der Waals surface area contributed by atoms with Gasteiger partial charge < -0.3 is 24.4 Å². The molecule has 2 aromatic rings. The van der Waals surface area contributed by atoms with Gasteiger partial charge in [-0.2, -0.15) is 0 Å². The Balaban J connectivity index is 1.52. The first-order chi connectivity index (χ1) is 16.0. The van der Waals surface area contributed by atoms with E-state index in [9.17, 15) is 4.79 Å². The van der Waals surface area contributed by atoms with Gasteiger partial charge in [-0.05, 0) is 59.9 Å². The summed E-state index contributed by atoms with van der Waals surface area (Å²) in [6.45, 7) is 10.8. The predicted molar refractivity (Wildman–Crippen MR) is 129 cm³/mol. The highest BCUT2D eigenvalue weighted by Gasteiger charge is 2.33. The number of hydrogen-bond donors (Lipinski definition) is 1. The van der Waals surface area contributed by atoms with Gasteiger partial charge in [-0.1, -0.05) is 0 Å². The summed E-state index contributed by atoms with van der Waals surface area (Å²) in [7, 11) is 1.89. The quantitative estimate of drug-likeness (QED) is 0.661. The number of carbonyl (C=O) groups excluding carboxylic acids is 1. The van der Waals surface area contributed by atoms with Crippen LogP contribution in [0.15, 0.2) is 18.3 Å². The lowest BCUT2D eigenvalue weighted by Crippen LogP contribution is -2.45. The Morgan fingerprint density at radius 2 is 2.09 bits per heavy atom. The second-order valence-corrected chi connectivity index (χ2v) is 10.4. The van der Waals surface area contributed by atoms with Crippen molar-refractivity contribution < 1.29 is 19.0 Å². The molecule has 3 heterocycles. The summed E-state index contributed by atoms with van der Waals surface area (Å²) < 4.78 is 17.4. The minimum atomic E-state index is -0.581. The zero-order valence-electron chi connectivity index (χ0n) is 21.0. The monoisotopic (exact) mass is 469 g/mol. The van der Waals surface area contributed by atoms with Gasteiger partial charge >= 0.3 is 0 Å². The molecule has 34 heavy (non-hydrogen) atoms. The number of nitrogens with zero attached hydrogens (tertiary/aromatic N) is 4. The van der Waals surface area contributed by atoms with Crippen molar-refractivity contribution in [3.8, 4) is 17.3 Å². The van der Waals surface area contributed by atoms with E-state index in [0.29, 0.717) is 30.5 Å². The number of aromatic nitrogens is 3. The van der Waals surface area contributed by atoms with Crippen molar-refractivity contribution in [3.05, 3.63) is 29.6 Å². The molecule has 1 aliphatic carbocycles. The first-order valence-corrected chi connectivity index (χ1v) is 11.8. The highest BCUT2D eigenvalue weighted by Crippen LogP contribution is 2.31. The van der Waals surface area contributed by atoms with Crippen LogP contribution in [-0.2, 0) is 27.1 Å². The first kappa shape index (κ1) is 24.3. The van der Waals surface area contributed by atoms with Gasteiger partial charge in [-0.3, -0.25) is 9.78 Å². The Labute approximate surface area is 201 Å². The van der Waals surface area contributed by atoms with Crippen LogP contribution in [0.2, 0.25) is 0 Å². The van der Waals surface area contributed by atoms with Crippen LogP contribution in [0.3, 0.4) is 0 Å². The molecule has 1 N–H and O–H groups in total. The number of likely N-dealkylation sites (N-methyl/N-ethyl adjacent to an activating group) is 1. The number of aryl methyl sites for hydroxylation is 1. The molecule has 0 bridgehead atoms. The van der Waals surface area contributed by atoms with E-state index < -0.39 is 5.79 Å². The number of amides is 1. The van der Waals surface area contributed by atoms with Gasteiger partial charge in [0.1, 0.15) is 30.0 Å². The lowest BCUT2D eigenvalue weighted by atomic mass is 10.1. The lowest BCUT2D eigenvalue weighted by Gasteiger charge is -2.25. The third kappa shape index (κ3) is 6.01. The summed E-state index contributed by atoms with van der Waals surface area (Å²) >= 11 is 0. The normalized spacial score (nSPS) is 19.1. The van der Waals surface area contributed by atoms with Crippen molar-refractivity contribution in [2.75, 3.05) is 31.7 Å². The average molecular weight is 470 g/mol. The average Bonchev–Trinajstić information content (AvgIpc) is 3.35. The molecule has 2 aliphatic rings. The van der Waals surface area contributed by atoms with Gasteiger partial charge in [0.25, 0.3) is 0 Å². The third-order valence-corrected chi connectivity index (χ3v) is 5.63. The maximum Gasteiger partial charge on any atom is 0.239 e. The van der Waals surface area contributed by atoms with Crippen molar-refractivity contribution >= 4 is 11.7 Å². The Bertz CT molecular complexity index is 1050. The smallest absolute Gasteiger partial charge is 0.239 e. The van der Waals surface area contributed by atoms with Crippen LogP contribution >= 0.6 is 0 Å². The summed E-state index contributed by atoms with van der Waals surface area (Å²) in [5, 5.41) is 3.01. The molecule has 1 aliphatic heterocycles. The third-order valence-electron chi connectivity index (χ3n) is 5.63. The minimum Gasteiger partial charge on any atom is -0.491 e. The van der Waals surface area contributed by atoms with Crippen LogP contribution in [-0.4, -0.2) is 65.1 Å². The molecule has 0 spiro atoms. The number of pyridine rings is 1. The number of ether oxygens (including phenoxy) is 3. The van der Waals surface area contributed by atoms with Crippen LogP contribution in [0.1, 0.15) is 52.3 Å². The molecule has 4 rings (SSSR count). The number of carbonyl (C=O) groups is 1. The predicted octanol–water partition coefficient (Wildman–Crippen LogP) is 2.91. The van der Waals surface area contributed by atoms with E-state index in [1.54, 1.807) is 6.20 Å². The van der Waals surface area contributed by atoms with E-state index in [1.807, 2.05) is 58.7 Å². The summed E-state index contributed by atoms with van der Waals surface area (Å²) in [5.41, 5.74) is 2.48. The van der Waals surface area contributed by atoms with Crippen LogP contribution in [0.4, 0.5) is 5.82 Å². The van der Waals surface area contributed by atoms with E-state index in [-0.39, 0.29) is 24.1 Å². The highest BCUT2D eigenvalue weighted by molar-refractivity contribution is 5.82. The highest BCUT2D eigenvalue weighted by atomic mass is 16.7. The number of nitrogens with one attached hydrogen (secondary N) is 1. The number of hydrogen-bond acceptors (Lipinski definition) is 8. The number of rotatable bonds is 7. The second kappa shape index (κ2) is 9.46. The van der Waals surface area contributed by atoms with Crippen molar-refractivity contribution in [2.24, 2.45) is 0 Å². The van der Waals surface area contributed by atoms with Gasteiger partial charge in [0.05, 0.1) is 13.2 Å². The molecule has 0 radical (unpaired) electrons. The Morgan fingerprint density at radius 1 is 1.29 bits per heavy atom. The van der Waals surface area contributed by atoms with Crippen molar-refractivity contribution in [2.45, 2.75) is 71.3 Å². The van der Waals surface area contributed by atoms with E-state index in [4.69, 9.17) is 24.2 Å². The molecule has 1 atom stereocenters. The maximum atomic E-state index is 12.5. The molecule has 2 aromatic heterocycles. The summed E-state index contributed by atoms with van der Waals surface area (Å²) in [4.78, 5) is 28.5. The molecule has 0 aromatic carbocycles. The molecule has 184 valence electrons. The zero-order valence-corrected chi connectivity index (χ0v) is 21.0. The fourth-order valence-corrected chi connectivity index (χ4v) is 4.25. The minimum absolute atomic E-state index is 0.0447. The first-order valence-electron chi connectivity index (χ1n) is 11.8. The maximum absolute atomic E-state index is 12.5. The molecular formula is C25H35N5O4. The second-order valence-electron chi connectivity index (χ2n) is 10.4. The van der Waals surface area contributed by atoms with Crippen LogP contribution in [0, 0.1) is 0 Å². The molecule has 0 saturated carbocycles. The van der Waals surface area contributed by atoms with Gasteiger partial charge in [-0.25, -0.2) is 9.97 Å². The van der Waals surface area contributed by atoms with Crippen molar-refractivity contribution in [1.29, 1.82) is 0 Å².